The molecule has 1 aromatic heterocycles. The topological polar surface area (TPSA) is 101 Å². The Morgan fingerprint density at radius 1 is 0.926 bits per heavy atom. The minimum atomic E-state index is -3.83. The van der Waals surface area contributed by atoms with E-state index in [-0.39, 0.29) is 28.2 Å². The summed E-state index contributed by atoms with van der Waals surface area (Å²) in [4.78, 5) is 12.1. The number of aromatic nitrogens is 2. The number of amides is 1. The Bertz CT molecular complexity index is 1020. The first kappa shape index (κ1) is 18.8. The molecule has 0 aliphatic rings. The number of carbonyl (C=O) groups is 1. The lowest BCUT2D eigenvalue weighted by molar-refractivity contribution is -0.115. The first-order chi connectivity index (χ1) is 12.9. The molecule has 0 aliphatic carbocycles. The smallest absolute Gasteiger partial charge is 0.263 e. The Labute approximate surface area is 161 Å². The van der Waals surface area contributed by atoms with E-state index in [4.69, 9.17) is 11.6 Å². The molecule has 0 saturated carbocycles. The molecule has 3 aromatic rings. The summed E-state index contributed by atoms with van der Waals surface area (Å²) in [5.74, 6) is -0.133. The summed E-state index contributed by atoms with van der Waals surface area (Å²) in [5.41, 5.74) is 1.39. The molecule has 0 saturated heterocycles. The third-order valence-corrected chi connectivity index (χ3v) is 5.10. The number of nitrogens with zero attached hydrogens (tertiary/aromatic N) is 2. The SMILES string of the molecule is O=C(Cc1ccccc1)Nc1ccc(S(=O)(=O)Nc2ccc(Cl)nn2)cc1. The van der Waals surface area contributed by atoms with Gasteiger partial charge in [0.25, 0.3) is 10.0 Å². The highest BCUT2D eigenvalue weighted by atomic mass is 35.5. The number of carbonyl (C=O) groups excluding carboxylic acids is 1. The fraction of sp³-hybridized carbons (Fsp3) is 0.0556. The van der Waals surface area contributed by atoms with Crippen molar-refractivity contribution in [1.29, 1.82) is 0 Å². The van der Waals surface area contributed by atoms with Crippen LogP contribution in [0.25, 0.3) is 0 Å². The van der Waals surface area contributed by atoms with E-state index in [0.29, 0.717) is 5.69 Å². The average molecular weight is 403 g/mol. The van der Waals surface area contributed by atoms with Gasteiger partial charge in [0.1, 0.15) is 0 Å². The summed E-state index contributed by atoms with van der Waals surface area (Å²) < 4.78 is 27.0. The molecule has 2 aromatic carbocycles. The first-order valence-electron chi connectivity index (χ1n) is 7.88. The molecule has 0 spiro atoms. The van der Waals surface area contributed by atoms with Gasteiger partial charge in [-0.05, 0) is 42.0 Å². The van der Waals surface area contributed by atoms with Gasteiger partial charge in [-0.2, -0.15) is 0 Å². The summed E-state index contributed by atoms with van der Waals surface area (Å²) in [5, 5.41) is 10.1. The van der Waals surface area contributed by atoms with Gasteiger partial charge in [0.15, 0.2) is 11.0 Å². The molecule has 0 atom stereocenters. The number of rotatable bonds is 6. The van der Waals surface area contributed by atoms with Crippen LogP contribution in [0.4, 0.5) is 11.5 Å². The summed E-state index contributed by atoms with van der Waals surface area (Å²) in [6, 6.07) is 18.0. The van der Waals surface area contributed by atoms with Crippen LogP contribution < -0.4 is 10.0 Å². The number of anilines is 2. The monoisotopic (exact) mass is 402 g/mol. The fourth-order valence-corrected chi connectivity index (χ4v) is 3.37. The molecule has 2 N–H and O–H groups in total. The number of halogens is 1. The fourth-order valence-electron chi connectivity index (χ4n) is 2.27. The van der Waals surface area contributed by atoms with E-state index < -0.39 is 10.0 Å². The third kappa shape index (κ3) is 5.25. The van der Waals surface area contributed by atoms with Gasteiger partial charge in [-0.25, -0.2) is 8.42 Å². The molecule has 0 unspecified atom stereocenters. The minimum Gasteiger partial charge on any atom is -0.326 e. The Morgan fingerprint density at radius 2 is 1.63 bits per heavy atom. The van der Waals surface area contributed by atoms with E-state index in [2.05, 4.69) is 20.2 Å². The van der Waals surface area contributed by atoms with Crippen LogP contribution in [-0.4, -0.2) is 24.5 Å². The van der Waals surface area contributed by atoms with Crippen molar-refractivity contribution in [2.75, 3.05) is 10.0 Å². The third-order valence-electron chi connectivity index (χ3n) is 3.53. The van der Waals surface area contributed by atoms with Crippen LogP contribution in [0.1, 0.15) is 5.56 Å². The van der Waals surface area contributed by atoms with Crippen molar-refractivity contribution in [2.24, 2.45) is 0 Å². The zero-order valence-electron chi connectivity index (χ0n) is 14.0. The summed E-state index contributed by atoms with van der Waals surface area (Å²) in [6.45, 7) is 0. The lowest BCUT2D eigenvalue weighted by Gasteiger charge is -2.09. The summed E-state index contributed by atoms with van der Waals surface area (Å²) >= 11 is 5.62. The van der Waals surface area contributed by atoms with Crippen molar-refractivity contribution >= 4 is 39.0 Å². The van der Waals surface area contributed by atoms with Gasteiger partial charge in [0.05, 0.1) is 11.3 Å². The second-order valence-corrected chi connectivity index (χ2v) is 7.65. The van der Waals surface area contributed by atoms with E-state index in [0.717, 1.165) is 5.56 Å². The molecule has 138 valence electrons. The molecule has 9 heteroatoms. The van der Waals surface area contributed by atoms with Gasteiger partial charge >= 0.3 is 0 Å². The summed E-state index contributed by atoms with van der Waals surface area (Å²) in [7, 11) is -3.83. The molecular formula is C18H15ClN4O3S. The maximum atomic E-state index is 12.4. The van der Waals surface area contributed by atoms with E-state index in [9.17, 15) is 13.2 Å². The second kappa shape index (κ2) is 8.15. The molecule has 0 aliphatic heterocycles. The average Bonchev–Trinajstić information content (AvgIpc) is 2.65. The number of benzene rings is 2. The van der Waals surface area contributed by atoms with Crippen molar-refractivity contribution in [2.45, 2.75) is 11.3 Å². The molecule has 0 fully saturated rings. The number of hydrogen-bond donors (Lipinski definition) is 2. The highest BCUT2D eigenvalue weighted by Crippen LogP contribution is 2.17. The van der Waals surface area contributed by atoms with Crippen LogP contribution >= 0.6 is 11.6 Å². The molecular weight excluding hydrogens is 388 g/mol. The van der Waals surface area contributed by atoms with Crippen molar-refractivity contribution in [3.8, 4) is 0 Å². The zero-order chi connectivity index (χ0) is 19.3. The highest BCUT2D eigenvalue weighted by Gasteiger charge is 2.15. The van der Waals surface area contributed by atoms with Crippen LogP contribution in [0.5, 0.6) is 0 Å². The molecule has 1 heterocycles. The normalized spacial score (nSPS) is 11.0. The molecule has 7 nitrogen and oxygen atoms in total. The molecule has 0 radical (unpaired) electrons. The van der Waals surface area contributed by atoms with Crippen molar-refractivity contribution in [1.82, 2.24) is 10.2 Å². The largest absolute Gasteiger partial charge is 0.326 e. The quantitative estimate of drug-likeness (QED) is 0.659. The van der Waals surface area contributed by atoms with Gasteiger partial charge in [0, 0.05) is 5.69 Å². The standard InChI is InChI=1S/C18H15ClN4O3S/c19-16-10-11-17(22-21-16)23-27(25,26)15-8-6-14(7-9-15)20-18(24)12-13-4-2-1-3-5-13/h1-11H,12H2,(H,20,24)(H,22,23). The molecule has 0 bridgehead atoms. The van der Waals surface area contributed by atoms with Crippen LogP contribution in [0, 0.1) is 0 Å². The summed E-state index contributed by atoms with van der Waals surface area (Å²) in [6.07, 6.45) is 0.234. The van der Waals surface area contributed by atoms with Gasteiger partial charge in [0.2, 0.25) is 5.91 Å². The number of hydrogen-bond acceptors (Lipinski definition) is 5. The highest BCUT2D eigenvalue weighted by molar-refractivity contribution is 7.92. The molecule has 1 amide bonds. The van der Waals surface area contributed by atoms with Crippen molar-refractivity contribution < 1.29 is 13.2 Å². The lowest BCUT2D eigenvalue weighted by Crippen LogP contribution is -2.16. The second-order valence-electron chi connectivity index (χ2n) is 5.58. The van der Waals surface area contributed by atoms with Gasteiger partial charge < -0.3 is 5.32 Å². The number of sulfonamides is 1. The Balaban J connectivity index is 1.65. The molecule has 3 rings (SSSR count). The van der Waals surface area contributed by atoms with Crippen LogP contribution in [-0.2, 0) is 21.2 Å². The zero-order valence-corrected chi connectivity index (χ0v) is 15.5. The van der Waals surface area contributed by atoms with E-state index >= 15 is 0 Å². The van der Waals surface area contributed by atoms with Crippen molar-refractivity contribution in [3.05, 3.63) is 77.4 Å². The Kier molecular flexibility index (Phi) is 5.68. The van der Waals surface area contributed by atoms with Crippen LogP contribution in [0.3, 0.4) is 0 Å². The van der Waals surface area contributed by atoms with Gasteiger partial charge in [-0.15, -0.1) is 10.2 Å². The van der Waals surface area contributed by atoms with Gasteiger partial charge in [-0.1, -0.05) is 41.9 Å². The lowest BCUT2D eigenvalue weighted by atomic mass is 10.1. The van der Waals surface area contributed by atoms with E-state index in [1.807, 2.05) is 30.3 Å². The van der Waals surface area contributed by atoms with Gasteiger partial charge in [-0.3, -0.25) is 9.52 Å². The predicted octanol–water partition coefficient (Wildman–Crippen LogP) is 3.11. The maximum absolute atomic E-state index is 12.4. The molecule has 27 heavy (non-hydrogen) atoms. The van der Waals surface area contributed by atoms with Crippen molar-refractivity contribution in [3.63, 3.8) is 0 Å². The predicted molar refractivity (Wildman–Crippen MR) is 103 cm³/mol. The maximum Gasteiger partial charge on any atom is 0.263 e. The number of nitrogens with one attached hydrogen (secondary N) is 2. The van der Waals surface area contributed by atoms with Crippen LogP contribution in [0.2, 0.25) is 5.15 Å². The minimum absolute atomic E-state index is 0.0281. The Hall–Kier alpha value is -2.97. The van der Waals surface area contributed by atoms with E-state index in [1.54, 1.807) is 0 Å². The first-order valence-corrected chi connectivity index (χ1v) is 9.74. The Morgan fingerprint density at radius 3 is 2.26 bits per heavy atom. The van der Waals surface area contributed by atoms with Crippen LogP contribution in [0.15, 0.2) is 71.6 Å². The van der Waals surface area contributed by atoms with E-state index in [1.165, 1.54) is 36.4 Å².